The van der Waals surface area contributed by atoms with Crippen molar-refractivity contribution in [2.24, 2.45) is 5.73 Å². The van der Waals surface area contributed by atoms with Crippen LogP contribution in [0.2, 0.25) is 0 Å². The van der Waals surface area contributed by atoms with Gasteiger partial charge in [0, 0.05) is 19.6 Å². The summed E-state index contributed by atoms with van der Waals surface area (Å²) in [4.78, 5) is 14.3. The van der Waals surface area contributed by atoms with E-state index in [-0.39, 0.29) is 30.7 Å². The molecule has 0 saturated heterocycles. The molecule has 0 bridgehead atoms. The maximum atomic E-state index is 12.1. The topological polar surface area (TPSA) is 58.4 Å². The van der Waals surface area contributed by atoms with E-state index < -0.39 is 6.04 Å². The van der Waals surface area contributed by atoms with Gasteiger partial charge in [-0.05, 0) is 25.1 Å². The van der Waals surface area contributed by atoms with E-state index in [9.17, 15) is 4.79 Å². The van der Waals surface area contributed by atoms with Gasteiger partial charge in [0.2, 0.25) is 5.91 Å². The van der Waals surface area contributed by atoms with E-state index >= 15 is 0 Å². The molecular formula is C19H27Cl2N3O. The van der Waals surface area contributed by atoms with Crippen molar-refractivity contribution in [2.75, 3.05) is 20.1 Å². The van der Waals surface area contributed by atoms with Crippen molar-refractivity contribution in [3.05, 3.63) is 71.3 Å². The molecule has 1 amide bonds. The lowest BCUT2D eigenvalue weighted by Gasteiger charge is -2.18. The van der Waals surface area contributed by atoms with Gasteiger partial charge in [-0.25, -0.2) is 0 Å². The fraction of sp³-hybridized carbons (Fsp3) is 0.316. The van der Waals surface area contributed by atoms with Gasteiger partial charge in [-0.3, -0.25) is 4.79 Å². The van der Waals surface area contributed by atoms with E-state index in [1.807, 2.05) is 56.4 Å². The van der Waals surface area contributed by atoms with E-state index in [4.69, 9.17) is 5.73 Å². The molecule has 0 aliphatic rings. The molecule has 0 aliphatic carbocycles. The normalized spacial score (nSPS) is 11.2. The van der Waals surface area contributed by atoms with Gasteiger partial charge in [0.15, 0.2) is 0 Å². The molecule has 1 unspecified atom stereocenters. The van der Waals surface area contributed by atoms with Gasteiger partial charge in [0.1, 0.15) is 6.04 Å². The molecule has 138 valence electrons. The van der Waals surface area contributed by atoms with E-state index in [2.05, 4.69) is 22.3 Å². The van der Waals surface area contributed by atoms with Crippen molar-refractivity contribution in [3.8, 4) is 0 Å². The van der Waals surface area contributed by atoms with Crippen molar-refractivity contribution < 1.29 is 4.79 Å². The molecule has 0 spiro atoms. The first-order valence-electron chi connectivity index (χ1n) is 7.88. The third-order valence-corrected chi connectivity index (χ3v) is 3.81. The molecule has 0 radical (unpaired) electrons. The van der Waals surface area contributed by atoms with E-state index in [1.54, 1.807) is 0 Å². The summed E-state index contributed by atoms with van der Waals surface area (Å²) >= 11 is 0. The van der Waals surface area contributed by atoms with Crippen LogP contribution in [0.3, 0.4) is 0 Å². The summed E-state index contributed by atoms with van der Waals surface area (Å²) in [6, 6.07) is 17.4. The molecule has 0 fully saturated rings. The summed E-state index contributed by atoms with van der Waals surface area (Å²) in [7, 11) is 2.04. The minimum absolute atomic E-state index is 0. The molecule has 4 nitrogen and oxygen atoms in total. The molecule has 3 N–H and O–H groups in total. The van der Waals surface area contributed by atoms with Crippen molar-refractivity contribution >= 4 is 30.7 Å². The van der Waals surface area contributed by atoms with Crippen molar-refractivity contribution in [3.63, 3.8) is 0 Å². The van der Waals surface area contributed by atoms with Gasteiger partial charge >= 0.3 is 0 Å². The Morgan fingerprint density at radius 2 is 1.68 bits per heavy atom. The van der Waals surface area contributed by atoms with E-state index in [0.717, 1.165) is 24.2 Å². The number of nitrogens with one attached hydrogen (secondary N) is 1. The van der Waals surface area contributed by atoms with Gasteiger partial charge in [-0.2, -0.15) is 0 Å². The summed E-state index contributed by atoms with van der Waals surface area (Å²) in [6.45, 7) is 4.24. The minimum atomic E-state index is -0.616. The van der Waals surface area contributed by atoms with Crippen molar-refractivity contribution in [1.29, 1.82) is 0 Å². The summed E-state index contributed by atoms with van der Waals surface area (Å²) < 4.78 is 0. The fourth-order valence-corrected chi connectivity index (χ4v) is 2.38. The van der Waals surface area contributed by atoms with Crippen LogP contribution >= 0.6 is 24.8 Å². The Labute approximate surface area is 162 Å². The van der Waals surface area contributed by atoms with Crippen molar-refractivity contribution in [2.45, 2.75) is 19.5 Å². The standard InChI is InChI=1S/C19H25N3O.2ClH/c1-15-8-10-17(11-9-15)18(20)19(23)21-12-13-22(2)14-16-6-4-3-5-7-16;;/h3-11,18H,12-14,20H2,1-2H3,(H,21,23);2*1H. The molecule has 0 aromatic heterocycles. The molecule has 0 saturated carbocycles. The number of halogens is 2. The summed E-state index contributed by atoms with van der Waals surface area (Å²) in [5.74, 6) is -0.137. The highest BCUT2D eigenvalue weighted by molar-refractivity contribution is 5.85. The van der Waals surface area contributed by atoms with Crippen LogP contribution in [0.25, 0.3) is 0 Å². The van der Waals surface area contributed by atoms with Crippen LogP contribution in [-0.4, -0.2) is 30.9 Å². The zero-order chi connectivity index (χ0) is 16.7. The molecule has 2 aromatic rings. The zero-order valence-corrected chi connectivity index (χ0v) is 16.3. The van der Waals surface area contributed by atoms with Crippen LogP contribution in [0.5, 0.6) is 0 Å². The number of carbonyl (C=O) groups is 1. The van der Waals surface area contributed by atoms with Crippen LogP contribution in [0, 0.1) is 6.92 Å². The molecule has 25 heavy (non-hydrogen) atoms. The quantitative estimate of drug-likeness (QED) is 0.771. The third-order valence-electron chi connectivity index (χ3n) is 3.81. The number of carbonyl (C=O) groups excluding carboxylic acids is 1. The zero-order valence-electron chi connectivity index (χ0n) is 14.6. The predicted molar refractivity (Wildman–Crippen MR) is 108 cm³/mol. The molecule has 2 aromatic carbocycles. The predicted octanol–water partition coefficient (Wildman–Crippen LogP) is 3.09. The number of aryl methyl sites for hydroxylation is 1. The van der Waals surface area contributed by atoms with Gasteiger partial charge in [0.25, 0.3) is 0 Å². The number of nitrogens with zero attached hydrogens (tertiary/aromatic N) is 1. The SMILES string of the molecule is Cc1ccc(C(N)C(=O)NCCN(C)Cc2ccccc2)cc1.Cl.Cl. The highest BCUT2D eigenvalue weighted by Gasteiger charge is 2.15. The largest absolute Gasteiger partial charge is 0.353 e. The number of hydrogen-bond acceptors (Lipinski definition) is 3. The van der Waals surface area contributed by atoms with Crippen LogP contribution in [0.1, 0.15) is 22.7 Å². The highest BCUT2D eigenvalue weighted by Crippen LogP contribution is 2.11. The Kier molecular flexibility index (Phi) is 11.1. The Morgan fingerprint density at radius 1 is 1.08 bits per heavy atom. The number of nitrogens with two attached hydrogens (primary N) is 1. The van der Waals surface area contributed by atoms with Crippen LogP contribution < -0.4 is 11.1 Å². The van der Waals surface area contributed by atoms with Gasteiger partial charge in [0.05, 0.1) is 0 Å². The fourth-order valence-electron chi connectivity index (χ4n) is 2.38. The average molecular weight is 384 g/mol. The Balaban J connectivity index is 0.00000288. The molecule has 2 rings (SSSR count). The maximum Gasteiger partial charge on any atom is 0.241 e. The molecular weight excluding hydrogens is 357 g/mol. The first kappa shape index (κ1) is 23.4. The molecule has 0 aliphatic heterocycles. The van der Waals surface area contributed by atoms with Crippen LogP contribution in [0.4, 0.5) is 0 Å². The molecule has 1 atom stereocenters. The van der Waals surface area contributed by atoms with Gasteiger partial charge < -0.3 is 16.0 Å². The Bertz CT molecular complexity index is 620. The van der Waals surface area contributed by atoms with E-state index in [1.165, 1.54) is 5.56 Å². The highest BCUT2D eigenvalue weighted by atomic mass is 35.5. The van der Waals surface area contributed by atoms with Gasteiger partial charge in [-0.15, -0.1) is 24.8 Å². The first-order chi connectivity index (χ1) is 11.1. The third kappa shape index (κ3) is 7.88. The number of likely N-dealkylation sites (N-methyl/N-ethyl adjacent to an activating group) is 1. The summed E-state index contributed by atoms with van der Waals surface area (Å²) in [6.07, 6.45) is 0. The number of amides is 1. The second-order valence-corrected chi connectivity index (χ2v) is 5.90. The van der Waals surface area contributed by atoms with Gasteiger partial charge in [-0.1, -0.05) is 60.2 Å². The molecule has 6 heteroatoms. The minimum Gasteiger partial charge on any atom is -0.353 e. The smallest absolute Gasteiger partial charge is 0.241 e. The number of rotatable bonds is 7. The second-order valence-electron chi connectivity index (χ2n) is 5.90. The van der Waals surface area contributed by atoms with Crippen LogP contribution in [-0.2, 0) is 11.3 Å². The number of hydrogen-bond donors (Lipinski definition) is 2. The molecule has 0 heterocycles. The number of benzene rings is 2. The first-order valence-corrected chi connectivity index (χ1v) is 7.88. The summed E-state index contributed by atoms with van der Waals surface area (Å²) in [5.41, 5.74) is 9.26. The Hall–Kier alpha value is -1.59. The lowest BCUT2D eigenvalue weighted by molar-refractivity contribution is -0.122. The second kappa shape index (κ2) is 11.9. The van der Waals surface area contributed by atoms with Crippen LogP contribution in [0.15, 0.2) is 54.6 Å². The average Bonchev–Trinajstić information content (AvgIpc) is 2.55. The monoisotopic (exact) mass is 383 g/mol. The van der Waals surface area contributed by atoms with Crippen molar-refractivity contribution in [1.82, 2.24) is 10.2 Å². The maximum absolute atomic E-state index is 12.1. The lowest BCUT2D eigenvalue weighted by Crippen LogP contribution is -2.38. The Morgan fingerprint density at radius 3 is 2.28 bits per heavy atom. The summed E-state index contributed by atoms with van der Waals surface area (Å²) in [5, 5.41) is 2.91. The lowest BCUT2D eigenvalue weighted by atomic mass is 10.1. The van der Waals surface area contributed by atoms with E-state index in [0.29, 0.717) is 6.54 Å².